The minimum atomic E-state index is -0.178. The van der Waals surface area contributed by atoms with E-state index in [1.54, 1.807) is 0 Å². The van der Waals surface area contributed by atoms with Gasteiger partial charge in [0.25, 0.3) is 0 Å². The Morgan fingerprint density at radius 2 is 2.13 bits per heavy atom. The maximum absolute atomic E-state index is 9.33. The van der Waals surface area contributed by atoms with E-state index in [2.05, 4.69) is 22.6 Å². The van der Waals surface area contributed by atoms with Crippen LogP contribution in [-0.2, 0) is 5.41 Å². The molecular weight excluding hydrogens is 206 g/mol. The summed E-state index contributed by atoms with van der Waals surface area (Å²) >= 11 is 1.53. The third kappa shape index (κ3) is 1.77. The van der Waals surface area contributed by atoms with Gasteiger partial charge in [0.2, 0.25) is 0 Å². The van der Waals surface area contributed by atoms with Gasteiger partial charge in [-0.2, -0.15) is 4.37 Å². The van der Waals surface area contributed by atoms with Crippen molar-refractivity contribution in [3.8, 4) is 0 Å². The highest BCUT2D eigenvalue weighted by atomic mass is 32.1. The van der Waals surface area contributed by atoms with Crippen LogP contribution in [0.25, 0.3) is 10.1 Å². The molecule has 1 aromatic heterocycles. The van der Waals surface area contributed by atoms with Crippen molar-refractivity contribution >= 4 is 21.6 Å². The third-order valence-corrected chi connectivity index (χ3v) is 3.74. The number of fused-ring (bicyclic) bond motifs is 1. The summed E-state index contributed by atoms with van der Waals surface area (Å²) in [6.07, 6.45) is 0. The van der Waals surface area contributed by atoms with Gasteiger partial charge in [0.1, 0.15) is 0 Å². The van der Waals surface area contributed by atoms with Gasteiger partial charge in [0, 0.05) is 10.8 Å². The second-order valence-corrected chi connectivity index (χ2v) is 5.33. The number of aryl methyl sites for hydroxylation is 1. The molecule has 2 rings (SSSR count). The van der Waals surface area contributed by atoms with Crippen LogP contribution in [0.4, 0.5) is 0 Å². The Balaban J connectivity index is 2.59. The molecule has 0 aliphatic heterocycles. The summed E-state index contributed by atoms with van der Waals surface area (Å²) in [7, 11) is 0. The molecule has 0 bridgehead atoms. The van der Waals surface area contributed by atoms with E-state index in [1.807, 2.05) is 20.8 Å². The first kappa shape index (κ1) is 10.6. The van der Waals surface area contributed by atoms with E-state index in [9.17, 15) is 5.11 Å². The van der Waals surface area contributed by atoms with Crippen molar-refractivity contribution in [3.63, 3.8) is 0 Å². The summed E-state index contributed by atoms with van der Waals surface area (Å²) in [6, 6.07) is 6.31. The second kappa shape index (κ2) is 3.58. The van der Waals surface area contributed by atoms with Crippen LogP contribution in [0.1, 0.15) is 25.1 Å². The van der Waals surface area contributed by atoms with Crippen LogP contribution in [-0.4, -0.2) is 16.1 Å². The topological polar surface area (TPSA) is 33.1 Å². The van der Waals surface area contributed by atoms with Crippen LogP contribution in [0.5, 0.6) is 0 Å². The van der Waals surface area contributed by atoms with E-state index in [1.165, 1.54) is 27.2 Å². The highest BCUT2D eigenvalue weighted by Gasteiger charge is 2.20. The van der Waals surface area contributed by atoms with Gasteiger partial charge in [0.05, 0.1) is 17.0 Å². The third-order valence-electron chi connectivity index (χ3n) is 2.83. The van der Waals surface area contributed by atoms with Crippen molar-refractivity contribution in [2.24, 2.45) is 0 Å². The first-order chi connectivity index (χ1) is 7.04. The number of rotatable bonds is 2. The lowest BCUT2D eigenvalue weighted by Gasteiger charge is -2.22. The van der Waals surface area contributed by atoms with Crippen molar-refractivity contribution in [2.75, 3.05) is 6.61 Å². The van der Waals surface area contributed by atoms with Crippen molar-refractivity contribution < 1.29 is 5.11 Å². The van der Waals surface area contributed by atoms with Gasteiger partial charge in [-0.3, -0.25) is 0 Å². The molecule has 3 heteroatoms. The Labute approximate surface area is 93.7 Å². The van der Waals surface area contributed by atoms with E-state index in [-0.39, 0.29) is 12.0 Å². The minimum absolute atomic E-state index is 0.162. The maximum Gasteiger partial charge on any atom is 0.0589 e. The highest BCUT2D eigenvalue weighted by Crippen LogP contribution is 2.29. The van der Waals surface area contributed by atoms with Gasteiger partial charge in [-0.25, -0.2) is 0 Å². The zero-order valence-corrected chi connectivity index (χ0v) is 10.1. The molecule has 0 aliphatic carbocycles. The fourth-order valence-corrected chi connectivity index (χ4v) is 2.34. The minimum Gasteiger partial charge on any atom is -0.395 e. The quantitative estimate of drug-likeness (QED) is 0.846. The Morgan fingerprint density at radius 3 is 2.80 bits per heavy atom. The first-order valence-electron chi connectivity index (χ1n) is 5.02. The Kier molecular flexibility index (Phi) is 2.52. The molecule has 0 radical (unpaired) electrons. The summed E-state index contributed by atoms with van der Waals surface area (Å²) in [5.74, 6) is 0. The molecule has 0 amide bonds. The molecule has 2 aromatic rings. The maximum atomic E-state index is 9.33. The molecule has 0 saturated carbocycles. The smallest absolute Gasteiger partial charge is 0.0589 e. The van der Waals surface area contributed by atoms with Crippen molar-refractivity contribution in [1.82, 2.24) is 4.37 Å². The molecule has 15 heavy (non-hydrogen) atoms. The molecule has 1 N–H and O–H groups in total. The largest absolute Gasteiger partial charge is 0.395 e. The van der Waals surface area contributed by atoms with Crippen molar-refractivity contribution in [2.45, 2.75) is 26.2 Å². The summed E-state index contributed by atoms with van der Waals surface area (Å²) in [4.78, 5) is 0. The summed E-state index contributed by atoms with van der Waals surface area (Å²) < 4.78 is 5.54. The Bertz CT molecular complexity index is 487. The molecule has 0 aliphatic rings. The standard InChI is InChI=1S/C12H15NOS/c1-8-10-6-9(12(2,3)7-14)4-5-11(10)15-13-8/h4-6,14H,7H2,1-3H3. The van der Waals surface area contributed by atoms with E-state index in [4.69, 9.17) is 0 Å². The van der Waals surface area contributed by atoms with Gasteiger partial charge in [-0.1, -0.05) is 19.9 Å². The molecule has 1 heterocycles. The lowest BCUT2D eigenvalue weighted by molar-refractivity contribution is 0.218. The fraction of sp³-hybridized carbons (Fsp3) is 0.417. The van der Waals surface area contributed by atoms with Crippen LogP contribution < -0.4 is 0 Å². The molecule has 0 saturated heterocycles. The summed E-state index contributed by atoms with van der Waals surface area (Å²) in [5, 5.41) is 10.5. The van der Waals surface area contributed by atoms with Crippen LogP contribution in [0, 0.1) is 6.92 Å². The van der Waals surface area contributed by atoms with Crippen molar-refractivity contribution in [1.29, 1.82) is 0 Å². The number of aliphatic hydroxyl groups is 1. The Hall–Kier alpha value is -0.930. The molecule has 0 fully saturated rings. The molecule has 0 unspecified atom stereocenters. The van der Waals surface area contributed by atoms with Crippen LogP contribution in [0.15, 0.2) is 18.2 Å². The number of nitrogens with zero attached hydrogens (tertiary/aromatic N) is 1. The summed E-state index contributed by atoms with van der Waals surface area (Å²) in [6.45, 7) is 6.27. The number of aliphatic hydroxyl groups excluding tert-OH is 1. The number of aromatic nitrogens is 1. The number of hydrogen-bond acceptors (Lipinski definition) is 3. The SMILES string of the molecule is Cc1nsc2ccc(C(C)(C)CO)cc12. The van der Waals surface area contributed by atoms with Gasteiger partial charge in [-0.15, -0.1) is 0 Å². The predicted molar refractivity (Wildman–Crippen MR) is 64.5 cm³/mol. The van der Waals surface area contributed by atoms with E-state index in [0.29, 0.717) is 0 Å². The molecule has 0 atom stereocenters. The molecular formula is C12H15NOS. The molecule has 80 valence electrons. The van der Waals surface area contributed by atoms with Gasteiger partial charge < -0.3 is 5.11 Å². The molecule has 0 spiro atoms. The van der Waals surface area contributed by atoms with E-state index < -0.39 is 0 Å². The molecule has 2 nitrogen and oxygen atoms in total. The van der Waals surface area contributed by atoms with Gasteiger partial charge in [0.15, 0.2) is 0 Å². The monoisotopic (exact) mass is 221 g/mol. The lowest BCUT2D eigenvalue weighted by Crippen LogP contribution is -2.21. The van der Waals surface area contributed by atoms with Crippen LogP contribution in [0.3, 0.4) is 0 Å². The fourth-order valence-electron chi connectivity index (χ4n) is 1.57. The van der Waals surface area contributed by atoms with Crippen LogP contribution in [0.2, 0.25) is 0 Å². The van der Waals surface area contributed by atoms with Crippen molar-refractivity contribution in [3.05, 3.63) is 29.5 Å². The Morgan fingerprint density at radius 1 is 1.40 bits per heavy atom. The highest BCUT2D eigenvalue weighted by molar-refractivity contribution is 7.13. The normalized spacial score (nSPS) is 12.3. The van der Waals surface area contributed by atoms with Gasteiger partial charge in [-0.05, 0) is 36.2 Å². The summed E-state index contributed by atoms with van der Waals surface area (Å²) in [5.41, 5.74) is 2.06. The first-order valence-corrected chi connectivity index (χ1v) is 5.79. The zero-order valence-electron chi connectivity index (χ0n) is 9.24. The lowest BCUT2D eigenvalue weighted by atomic mass is 9.85. The predicted octanol–water partition coefficient (Wildman–Crippen LogP) is 2.87. The van der Waals surface area contributed by atoms with Crippen LogP contribution >= 0.6 is 11.5 Å². The van der Waals surface area contributed by atoms with E-state index >= 15 is 0 Å². The number of hydrogen-bond donors (Lipinski definition) is 1. The average molecular weight is 221 g/mol. The van der Waals surface area contributed by atoms with Gasteiger partial charge >= 0.3 is 0 Å². The second-order valence-electron chi connectivity index (χ2n) is 4.52. The zero-order chi connectivity index (χ0) is 11.1. The van der Waals surface area contributed by atoms with E-state index in [0.717, 1.165) is 5.69 Å². The molecule has 1 aromatic carbocycles. The number of benzene rings is 1. The average Bonchev–Trinajstić information content (AvgIpc) is 2.60.